The zero-order valence-electron chi connectivity index (χ0n) is 10.4. The van der Waals surface area contributed by atoms with E-state index in [2.05, 4.69) is 4.98 Å². The van der Waals surface area contributed by atoms with Crippen molar-refractivity contribution in [2.45, 2.75) is 0 Å². The maximum absolute atomic E-state index is 10.9. The first-order valence-corrected chi connectivity index (χ1v) is 5.50. The van der Waals surface area contributed by atoms with Crippen molar-refractivity contribution in [1.29, 1.82) is 5.26 Å². The molecule has 0 bridgehead atoms. The number of nitro benzene ring substituents is 1. The lowest BCUT2D eigenvalue weighted by atomic mass is 10.2. The number of pyridine rings is 1. The van der Waals surface area contributed by atoms with Gasteiger partial charge in [-0.15, -0.1) is 0 Å². The van der Waals surface area contributed by atoms with Gasteiger partial charge in [0.25, 0.3) is 0 Å². The SMILES string of the molecule is COc1ccc(Oc2cc(C#N)ccn2)cc1[N+](=O)[O-]. The number of aromatic nitrogens is 1. The van der Waals surface area contributed by atoms with Crippen LogP contribution in [-0.2, 0) is 0 Å². The average Bonchev–Trinajstić information content (AvgIpc) is 2.47. The van der Waals surface area contributed by atoms with E-state index in [1.165, 1.54) is 43.6 Å². The minimum absolute atomic E-state index is 0.140. The molecule has 2 aromatic rings. The molecule has 0 aliphatic heterocycles. The first-order chi connectivity index (χ1) is 9.63. The quantitative estimate of drug-likeness (QED) is 0.626. The van der Waals surface area contributed by atoms with Gasteiger partial charge in [0.1, 0.15) is 5.75 Å². The maximum Gasteiger partial charge on any atom is 0.314 e. The molecule has 0 saturated heterocycles. The summed E-state index contributed by atoms with van der Waals surface area (Å²) in [6, 6.07) is 9.11. The second-order valence-corrected chi connectivity index (χ2v) is 3.69. The Labute approximate surface area is 114 Å². The molecule has 1 heterocycles. The number of hydrogen-bond acceptors (Lipinski definition) is 6. The zero-order chi connectivity index (χ0) is 14.5. The van der Waals surface area contributed by atoms with Crippen LogP contribution in [0.25, 0.3) is 0 Å². The van der Waals surface area contributed by atoms with E-state index >= 15 is 0 Å². The van der Waals surface area contributed by atoms with E-state index in [4.69, 9.17) is 14.7 Å². The van der Waals surface area contributed by atoms with E-state index in [9.17, 15) is 10.1 Å². The van der Waals surface area contributed by atoms with Crippen LogP contribution in [0.4, 0.5) is 5.69 Å². The van der Waals surface area contributed by atoms with Gasteiger partial charge in [-0.1, -0.05) is 0 Å². The molecule has 7 nitrogen and oxygen atoms in total. The number of rotatable bonds is 4. The van der Waals surface area contributed by atoms with Gasteiger partial charge in [0.05, 0.1) is 29.7 Å². The standard InChI is InChI=1S/C13H9N3O4/c1-19-12-3-2-10(7-11(12)16(17)18)20-13-6-9(8-14)4-5-15-13/h2-7H,1H3. The van der Waals surface area contributed by atoms with E-state index in [1.807, 2.05) is 6.07 Å². The van der Waals surface area contributed by atoms with Crippen molar-refractivity contribution in [2.75, 3.05) is 7.11 Å². The van der Waals surface area contributed by atoms with Gasteiger partial charge in [-0.2, -0.15) is 5.26 Å². The first-order valence-electron chi connectivity index (χ1n) is 5.50. The van der Waals surface area contributed by atoms with Gasteiger partial charge >= 0.3 is 5.69 Å². The molecule has 100 valence electrons. The minimum atomic E-state index is -0.565. The Hall–Kier alpha value is -3.14. The molecule has 0 amide bonds. The number of nitrogens with zero attached hydrogens (tertiary/aromatic N) is 3. The van der Waals surface area contributed by atoms with Crippen LogP contribution in [0.1, 0.15) is 5.56 Å². The van der Waals surface area contributed by atoms with Crippen molar-refractivity contribution in [2.24, 2.45) is 0 Å². The fourth-order valence-corrected chi connectivity index (χ4v) is 1.53. The van der Waals surface area contributed by atoms with E-state index in [-0.39, 0.29) is 23.1 Å². The van der Waals surface area contributed by atoms with E-state index in [1.54, 1.807) is 0 Å². The summed E-state index contributed by atoms with van der Waals surface area (Å²) in [7, 11) is 1.35. The van der Waals surface area contributed by atoms with Crippen LogP contribution >= 0.6 is 0 Å². The molecule has 0 radical (unpaired) electrons. The molecule has 20 heavy (non-hydrogen) atoms. The Morgan fingerprint density at radius 3 is 2.80 bits per heavy atom. The van der Waals surface area contributed by atoms with Crippen LogP contribution in [0.5, 0.6) is 17.4 Å². The topological polar surface area (TPSA) is 98.3 Å². The second-order valence-electron chi connectivity index (χ2n) is 3.69. The molecule has 0 aliphatic carbocycles. The third kappa shape index (κ3) is 2.81. The fourth-order valence-electron chi connectivity index (χ4n) is 1.53. The molecule has 0 aliphatic rings. The molecule has 0 fully saturated rings. The lowest BCUT2D eigenvalue weighted by molar-refractivity contribution is -0.385. The van der Waals surface area contributed by atoms with Crippen molar-refractivity contribution in [3.8, 4) is 23.4 Å². The Kier molecular flexibility index (Phi) is 3.77. The van der Waals surface area contributed by atoms with Crippen molar-refractivity contribution in [3.63, 3.8) is 0 Å². The maximum atomic E-state index is 10.9. The van der Waals surface area contributed by atoms with Gasteiger partial charge in [0.15, 0.2) is 5.75 Å². The van der Waals surface area contributed by atoms with Gasteiger partial charge in [-0.05, 0) is 18.2 Å². The van der Waals surface area contributed by atoms with Crippen LogP contribution in [-0.4, -0.2) is 17.0 Å². The van der Waals surface area contributed by atoms with Crippen LogP contribution in [0.15, 0.2) is 36.5 Å². The molecule has 0 saturated carbocycles. The summed E-state index contributed by atoms with van der Waals surface area (Å²) in [6.45, 7) is 0. The zero-order valence-corrected chi connectivity index (χ0v) is 10.4. The highest BCUT2D eigenvalue weighted by atomic mass is 16.6. The number of hydrogen-bond donors (Lipinski definition) is 0. The lowest BCUT2D eigenvalue weighted by Gasteiger charge is -2.06. The Bertz CT molecular complexity index is 694. The number of nitro groups is 1. The Balaban J connectivity index is 2.32. The lowest BCUT2D eigenvalue weighted by Crippen LogP contribution is -1.95. The van der Waals surface area contributed by atoms with Crippen molar-refractivity contribution in [1.82, 2.24) is 4.98 Å². The summed E-state index contributed by atoms with van der Waals surface area (Å²) in [5, 5.41) is 19.7. The summed E-state index contributed by atoms with van der Waals surface area (Å²) in [5.41, 5.74) is 0.180. The highest BCUT2D eigenvalue weighted by molar-refractivity contribution is 5.51. The third-order valence-corrected chi connectivity index (χ3v) is 2.43. The van der Waals surface area contributed by atoms with Gasteiger partial charge in [0, 0.05) is 12.3 Å². The largest absolute Gasteiger partial charge is 0.490 e. The molecular weight excluding hydrogens is 262 g/mol. The summed E-state index contributed by atoms with van der Waals surface area (Å²) < 4.78 is 10.3. The Morgan fingerprint density at radius 2 is 2.15 bits per heavy atom. The predicted molar refractivity (Wildman–Crippen MR) is 68.7 cm³/mol. The summed E-state index contributed by atoms with van der Waals surface area (Å²) in [5.74, 6) is 0.560. The fraction of sp³-hybridized carbons (Fsp3) is 0.0769. The smallest absolute Gasteiger partial charge is 0.314 e. The summed E-state index contributed by atoms with van der Waals surface area (Å²) >= 11 is 0. The summed E-state index contributed by atoms with van der Waals surface area (Å²) in [4.78, 5) is 14.3. The first kappa shape index (κ1) is 13.3. The van der Waals surface area contributed by atoms with E-state index in [0.717, 1.165) is 0 Å². The van der Waals surface area contributed by atoms with Crippen LogP contribution in [0.3, 0.4) is 0 Å². The van der Waals surface area contributed by atoms with Crippen molar-refractivity contribution >= 4 is 5.69 Å². The number of nitriles is 1. The monoisotopic (exact) mass is 271 g/mol. The van der Waals surface area contributed by atoms with Crippen LogP contribution < -0.4 is 9.47 Å². The Morgan fingerprint density at radius 1 is 1.35 bits per heavy atom. The molecule has 0 atom stereocenters. The molecule has 0 spiro atoms. The molecule has 2 rings (SSSR count). The molecule has 7 heteroatoms. The summed E-state index contributed by atoms with van der Waals surface area (Å²) in [6.07, 6.45) is 1.42. The van der Waals surface area contributed by atoms with Gasteiger partial charge < -0.3 is 9.47 Å². The molecule has 0 unspecified atom stereocenters. The number of methoxy groups -OCH3 is 1. The molecule has 1 aromatic carbocycles. The van der Waals surface area contributed by atoms with Crippen LogP contribution in [0.2, 0.25) is 0 Å². The van der Waals surface area contributed by atoms with Gasteiger partial charge in [0.2, 0.25) is 5.88 Å². The van der Waals surface area contributed by atoms with E-state index < -0.39 is 4.92 Å². The average molecular weight is 271 g/mol. The second kappa shape index (κ2) is 5.67. The minimum Gasteiger partial charge on any atom is -0.490 e. The van der Waals surface area contributed by atoms with Crippen LogP contribution in [0, 0.1) is 21.4 Å². The molecule has 0 N–H and O–H groups in total. The van der Waals surface area contributed by atoms with Crippen molar-refractivity contribution in [3.05, 3.63) is 52.2 Å². The van der Waals surface area contributed by atoms with Gasteiger partial charge in [-0.25, -0.2) is 4.98 Å². The molecule has 1 aromatic heterocycles. The highest BCUT2D eigenvalue weighted by Crippen LogP contribution is 2.32. The normalized spacial score (nSPS) is 9.60. The third-order valence-electron chi connectivity index (χ3n) is 2.43. The predicted octanol–water partition coefficient (Wildman–Crippen LogP) is 2.66. The number of ether oxygens (including phenoxy) is 2. The van der Waals surface area contributed by atoms with Gasteiger partial charge in [-0.3, -0.25) is 10.1 Å². The highest BCUT2D eigenvalue weighted by Gasteiger charge is 2.16. The van der Waals surface area contributed by atoms with Crippen molar-refractivity contribution < 1.29 is 14.4 Å². The van der Waals surface area contributed by atoms with E-state index in [0.29, 0.717) is 5.56 Å². The number of benzene rings is 1. The molecular formula is C13H9N3O4.